The molecule has 0 aliphatic rings. The third-order valence-corrected chi connectivity index (χ3v) is 8.44. The number of phenols is 4. The van der Waals surface area contributed by atoms with Crippen molar-refractivity contribution in [3.8, 4) is 103 Å². The molecule has 12 heteroatoms. The van der Waals surface area contributed by atoms with Crippen molar-refractivity contribution in [2.75, 3.05) is 6.79 Å². The minimum atomic E-state index is -0.416. The Morgan fingerprint density at radius 1 is 0.327 bits per heavy atom. The number of hydrogen-bond acceptors (Lipinski definition) is 12. The molecule has 12 nitrogen and oxygen atoms in total. The van der Waals surface area contributed by atoms with Gasteiger partial charge in [-0.3, -0.25) is 0 Å². The van der Waals surface area contributed by atoms with Crippen LogP contribution in [0.15, 0.2) is 146 Å². The molecule has 0 aliphatic heterocycles. The molecule has 55 heavy (non-hydrogen) atoms. The Bertz CT molecular complexity index is 2270. The first-order valence-corrected chi connectivity index (χ1v) is 17.0. The molecule has 0 aliphatic carbocycles. The van der Waals surface area contributed by atoms with Gasteiger partial charge in [0.1, 0.15) is 45.6 Å². The highest BCUT2D eigenvalue weighted by Gasteiger charge is 2.21. The predicted molar refractivity (Wildman–Crippen MR) is 205 cm³/mol. The van der Waals surface area contributed by atoms with Crippen molar-refractivity contribution < 1.29 is 29.9 Å². The van der Waals surface area contributed by atoms with Crippen LogP contribution in [-0.4, -0.2) is 57.1 Å². The monoisotopic (exact) mass is 726 g/mol. The number of aromatic nitrogens is 6. The van der Waals surface area contributed by atoms with Crippen LogP contribution in [0, 0.1) is 0 Å². The summed E-state index contributed by atoms with van der Waals surface area (Å²) in [5.74, 6) is 0.299. The molecule has 0 saturated carbocycles. The highest BCUT2D eigenvalue weighted by atomic mass is 16.7. The number of hydrogen-bond donors (Lipinski definition) is 4. The number of nitrogens with zero attached hydrogens (tertiary/aromatic N) is 6. The second kappa shape index (κ2) is 15.0. The van der Waals surface area contributed by atoms with Crippen LogP contribution in [0.25, 0.3) is 68.3 Å². The van der Waals surface area contributed by atoms with Crippen molar-refractivity contribution in [2.45, 2.75) is 0 Å². The van der Waals surface area contributed by atoms with Gasteiger partial charge in [-0.2, -0.15) is 0 Å². The molecule has 0 unspecified atom stereocenters. The molecule has 0 spiro atoms. The lowest BCUT2D eigenvalue weighted by Gasteiger charge is -2.14. The second-order valence-corrected chi connectivity index (χ2v) is 12.2. The normalized spacial score (nSPS) is 10.9. The molecule has 0 fully saturated rings. The zero-order valence-corrected chi connectivity index (χ0v) is 28.9. The summed E-state index contributed by atoms with van der Waals surface area (Å²) in [7, 11) is 0. The smallest absolute Gasteiger partial charge is 0.230 e. The number of rotatable bonds is 10. The van der Waals surface area contributed by atoms with Gasteiger partial charge >= 0.3 is 0 Å². The van der Waals surface area contributed by atoms with Gasteiger partial charge < -0.3 is 29.9 Å². The van der Waals surface area contributed by atoms with E-state index in [0.717, 1.165) is 22.3 Å². The second-order valence-electron chi connectivity index (χ2n) is 12.2. The zero-order chi connectivity index (χ0) is 37.7. The zero-order valence-electron chi connectivity index (χ0n) is 28.9. The Kier molecular flexibility index (Phi) is 9.34. The summed E-state index contributed by atoms with van der Waals surface area (Å²) >= 11 is 0. The van der Waals surface area contributed by atoms with Gasteiger partial charge in [0, 0.05) is 46.5 Å². The highest BCUT2D eigenvalue weighted by molar-refractivity contribution is 5.77. The van der Waals surface area contributed by atoms with E-state index in [9.17, 15) is 20.4 Å². The number of phenolic OH excluding ortho intramolecular Hbond substituents is 4. The average molecular weight is 727 g/mol. The van der Waals surface area contributed by atoms with Gasteiger partial charge in [-0.15, -0.1) is 0 Å². The van der Waals surface area contributed by atoms with Gasteiger partial charge in [0.15, 0.2) is 34.9 Å². The van der Waals surface area contributed by atoms with Crippen molar-refractivity contribution in [2.24, 2.45) is 0 Å². The Hall–Kier alpha value is -7.86. The molecule has 0 atom stereocenters. The standard InChI is InChI=1S/C43H30N6O6/c50-32-21-30(22-33(51)36(32)42-46-38(26-13-5-1-6-14-26)44-39(47-42)27-15-7-2-8-16-27)54-25-55-31-23-34(52)37(35(53)24-31)43-48-40(28-17-9-3-10-18-28)45-41(49-43)29-19-11-4-12-20-29/h1-24,50-53H,25H2. The molecule has 0 bridgehead atoms. The molecule has 0 amide bonds. The van der Waals surface area contributed by atoms with E-state index >= 15 is 0 Å². The van der Waals surface area contributed by atoms with Crippen molar-refractivity contribution in [1.82, 2.24) is 29.9 Å². The number of aromatic hydroxyl groups is 4. The van der Waals surface area contributed by atoms with Crippen LogP contribution in [0.3, 0.4) is 0 Å². The van der Waals surface area contributed by atoms with E-state index in [0.29, 0.717) is 23.3 Å². The van der Waals surface area contributed by atoms with Gasteiger partial charge in [-0.05, 0) is 0 Å². The molecule has 6 aromatic carbocycles. The van der Waals surface area contributed by atoms with E-state index in [-0.39, 0.29) is 57.3 Å². The first-order valence-electron chi connectivity index (χ1n) is 17.0. The molecular formula is C43H30N6O6. The summed E-state index contributed by atoms with van der Waals surface area (Å²) in [6, 6.07) is 42.4. The summed E-state index contributed by atoms with van der Waals surface area (Å²) in [5, 5.41) is 44.4. The highest BCUT2D eigenvalue weighted by Crippen LogP contribution is 2.42. The summed E-state index contributed by atoms with van der Waals surface area (Å²) in [6.07, 6.45) is 0. The molecule has 268 valence electrons. The van der Waals surface area contributed by atoms with Crippen LogP contribution in [0.1, 0.15) is 0 Å². The predicted octanol–water partition coefficient (Wildman–Crippen LogP) is 8.30. The molecular weight excluding hydrogens is 697 g/mol. The van der Waals surface area contributed by atoms with Crippen molar-refractivity contribution >= 4 is 0 Å². The van der Waals surface area contributed by atoms with Crippen LogP contribution < -0.4 is 9.47 Å². The molecule has 8 aromatic rings. The Morgan fingerprint density at radius 2 is 0.564 bits per heavy atom. The summed E-state index contributed by atoms with van der Waals surface area (Å²) in [4.78, 5) is 27.6. The van der Waals surface area contributed by atoms with E-state index in [1.54, 1.807) is 0 Å². The minimum absolute atomic E-state index is 0.0142. The van der Waals surface area contributed by atoms with Gasteiger partial charge in [-0.25, -0.2) is 29.9 Å². The summed E-state index contributed by atoms with van der Waals surface area (Å²) < 4.78 is 11.4. The molecule has 2 heterocycles. The SMILES string of the molecule is Oc1cc(OCOc2cc(O)c(-c3nc(-c4ccccc4)nc(-c4ccccc4)n3)c(O)c2)cc(O)c1-c1nc(-c2ccccc2)nc(-c2ccccc2)n1. The third kappa shape index (κ3) is 7.41. The first-order chi connectivity index (χ1) is 26.9. The average Bonchev–Trinajstić information content (AvgIpc) is 3.21. The van der Waals surface area contributed by atoms with Crippen LogP contribution in [0.2, 0.25) is 0 Å². The molecule has 2 aromatic heterocycles. The van der Waals surface area contributed by atoms with Gasteiger partial charge in [0.25, 0.3) is 0 Å². The van der Waals surface area contributed by atoms with Crippen LogP contribution in [0.5, 0.6) is 34.5 Å². The number of benzene rings is 6. The maximum atomic E-state index is 11.1. The van der Waals surface area contributed by atoms with E-state index < -0.39 is 6.79 Å². The van der Waals surface area contributed by atoms with E-state index in [1.807, 2.05) is 121 Å². The van der Waals surface area contributed by atoms with E-state index in [2.05, 4.69) is 29.9 Å². The lowest BCUT2D eigenvalue weighted by Crippen LogP contribution is -2.06. The lowest BCUT2D eigenvalue weighted by molar-refractivity contribution is 0.119. The van der Waals surface area contributed by atoms with E-state index in [1.165, 1.54) is 24.3 Å². The minimum Gasteiger partial charge on any atom is -0.507 e. The fourth-order valence-corrected chi connectivity index (χ4v) is 5.80. The van der Waals surface area contributed by atoms with Crippen molar-refractivity contribution in [1.29, 1.82) is 0 Å². The topological polar surface area (TPSA) is 177 Å². The Morgan fingerprint density at radius 3 is 0.818 bits per heavy atom. The molecule has 0 saturated heterocycles. The maximum Gasteiger partial charge on any atom is 0.230 e. The van der Waals surface area contributed by atoms with Gasteiger partial charge in [0.2, 0.25) is 6.79 Å². The van der Waals surface area contributed by atoms with Crippen LogP contribution >= 0.6 is 0 Å². The molecule has 8 rings (SSSR count). The molecule has 0 radical (unpaired) electrons. The quantitative estimate of drug-likeness (QED) is 0.0993. The molecule has 4 N–H and O–H groups in total. The van der Waals surface area contributed by atoms with E-state index in [4.69, 9.17) is 9.47 Å². The fraction of sp³-hybridized carbons (Fsp3) is 0.0233. The number of ether oxygens (including phenoxy) is 2. The maximum absolute atomic E-state index is 11.1. The van der Waals surface area contributed by atoms with Crippen molar-refractivity contribution in [3.05, 3.63) is 146 Å². The van der Waals surface area contributed by atoms with Crippen LogP contribution in [-0.2, 0) is 0 Å². The summed E-state index contributed by atoms with van der Waals surface area (Å²) in [6.45, 7) is -0.416. The first kappa shape index (κ1) is 34.2. The lowest BCUT2D eigenvalue weighted by atomic mass is 10.1. The van der Waals surface area contributed by atoms with Gasteiger partial charge in [-0.1, -0.05) is 121 Å². The fourth-order valence-electron chi connectivity index (χ4n) is 5.80. The van der Waals surface area contributed by atoms with Crippen molar-refractivity contribution in [3.63, 3.8) is 0 Å². The van der Waals surface area contributed by atoms with Gasteiger partial charge in [0.05, 0.1) is 0 Å². The Labute approximate surface area is 314 Å². The summed E-state index contributed by atoms with van der Waals surface area (Å²) in [5.41, 5.74) is 2.89. The Balaban J connectivity index is 1.04. The third-order valence-electron chi connectivity index (χ3n) is 8.44. The largest absolute Gasteiger partial charge is 0.507 e. The van der Waals surface area contributed by atoms with Crippen LogP contribution in [0.4, 0.5) is 0 Å².